The maximum atomic E-state index is 5.77. The van der Waals surface area contributed by atoms with Gasteiger partial charge in [0.1, 0.15) is 5.75 Å². The van der Waals surface area contributed by atoms with E-state index in [0.29, 0.717) is 19.1 Å². The van der Waals surface area contributed by atoms with Gasteiger partial charge in [0, 0.05) is 13.1 Å². The smallest absolute Gasteiger partial charge is 0.119 e. The Labute approximate surface area is 132 Å². The van der Waals surface area contributed by atoms with E-state index in [-0.39, 0.29) is 0 Å². The Bertz CT molecular complexity index is 551. The number of aryl methyl sites for hydroxylation is 1. The average Bonchev–Trinajstić information content (AvgIpc) is 2.92. The fraction of sp³-hybridized carbons (Fsp3) is 0.529. The summed E-state index contributed by atoms with van der Waals surface area (Å²) in [6.07, 6.45) is 2.92. The lowest BCUT2D eigenvalue weighted by molar-refractivity contribution is 0.309. The number of nitrogens with two attached hydrogens (primary N) is 1. The van der Waals surface area contributed by atoms with Crippen molar-refractivity contribution in [2.75, 3.05) is 6.61 Å². The summed E-state index contributed by atoms with van der Waals surface area (Å²) in [5, 5.41) is 8.44. The number of nitrogens with zero attached hydrogens (tertiary/aromatic N) is 3. The van der Waals surface area contributed by atoms with Crippen molar-refractivity contribution in [2.45, 2.75) is 46.2 Å². The van der Waals surface area contributed by atoms with E-state index in [9.17, 15) is 0 Å². The monoisotopic (exact) mass is 302 g/mol. The molecule has 2 aromatic rings. The number of ether oxygens (including phenoxy) is 1. The van der Waals surface area contributed by atoms with Crippen molar-refractivity contribution in [1.29, 1.82) is 0 Å². The predicted molar refractivity (Wildman–Crippen MR) is 87.6 cm³/mol. The maximum Gasteiger partial charge on any atom is 0.119 e. The average molecular weight is 302 g/mol. The van der Waals surface area contributed by atoms with E-state index in [0.717, 1.165) is 42.9 Å². The van der Waals surface area contributed by atoms with Gasteiger partial charge in [-0.05, 0) is 37.3 Å². The van der Waals surface area contributed by atoms with Crippen LogP contribution in [-0.4, -0.2) is 21.6 Å². The summed E-state index contributed by atoms with van der Waals surface area (Å²) >= 11 is 0. The standard InChI is InChI=1S/C17H26N4O/c1-14(2)10-11-21-17(16(13-18)19-20-21)9-6-12-22-15-7-4-3-5-8-15/h3-5,7-8,14H,6,9-13,18H2,1-2H3. The Balaban J connectivity index is 1.86. The number of benzene rings is 1. The third-order valence-corrected chi connectivity index (χ3v) is 3.60. The Morgan fingerprint density at radius 3 is 2.68 bits per heavy atom. The van der Waals surface area contributed by atoms with Gasteiger partial charge >= 0.3 is 0 Å². The second-order valence-electron chi connectivity index (χ2n) is 5.86. The van der Waals surface area contributed by atoms with Gasteiger partial charge in [-0.2, -0.15) is 0 Å². The van der Waals surface area contributed by atoms with Gasteiger partial charge in [0.25, 0.3) is 0 Å². The molecule has 0 unspecified atom stereocenters. The van der Waals surface area contributed by atoms with Gasteiger partial charge in [0.2, 0.25) is 0 Å². The van der Waals surface area contributed by atoms with Crippen LogP contribution in [0.25, 0.3) is 0 Å². The minimum atomic E-state index is 0.441. The van der Waals surface area contributed by atoms with E-state index in [1.807, 2.05) is 35.0 Å². The van der Waals surface area contributed by atoms with Crippen LogP contribution in [0.3, 0.4) is 0 Å². The molecular formula is C17H26N4O. The Hall–Kier alpha value is -1.88. The highest BCUT2D eigenvalue weighted by Crippen LogP contribution is 2.13. The first kappa shape index (κ1) is 16.5. The molecule has 0 fully saturated rings. The summed E-state index contributed by atoms with van der Waals surface area (Å²) in [6, 6.07) is 9.89. The first-order valence-corrected chi connectivity index (χ1v) is 8.00. The molecule has 5 heteroatoms. The highest BCUT2D eigenvalue weighted by Gasteiger charge is 2.11. The molecule has 0 bridgehead atoms. The maximum absolute atomic E-state index is 5.77. The van der Waals surface area contributed by atoms with E-state index in [1.165, 1.54) is 0 Å². The molecule has 1 aromatic carbocycles. The molecule has 0 atom stereocenters. The van der Waals surface area contributed by atoms with E-state index >= 15 is 0 Å². The molecular weight excluding hydrogens is 276 g/mol. The van der Waals surface area contributed by atoms with Crippen LogP contribution in [0, 0.1) is 5.92 Å². The van der Waals surface area contributed by atoms with Crippen LogP contribution in [0.15, 0.2) is 30.3 Å². The van der Waals surface area contributed by atoms with Crippen LogP contribution in [0.5, 0.6) is 5.75 Å². The number of hydrogen-bond donors (Lipinski definition) is 1. The lowest BCUT2D eigenvalue weighted by atomic mass is 10.1. The van der Waals surface area contributed by atoms with Crippen molar-refractivity contribution in [2.24, 2.45) is 11.7 Å². The summed E-state index contributed by atoms with van der Waals surface area (Å²) in [6.45, 7) is 6.46. The first-order valence-electron chi connectivity index (χ1n) is 8.00. The summed E-state index contributed by atoms with van der Waals surface area (Å²) in [5.41, 5.74) is 7.83. The van der Waals surface area contributed by atoms with Crippen molar-refractivity contribution in [3.05, 3.63) is 41.7 Å². The second-order valence-corrected chi connectivity index (χ2v) is 5.86. The molecule has 5 nitrogen and oxygen atoms in total. The fourth-order valence-corrected chi connectivity index (χ4v) is 2.31. The molecule has 2 rings (SSSR count). The van der Waals surface area contributed by atoms with Gasteiger partial charge in [-0.25, -0.2) is 4.68 Å². The van der Waals surface area contributed by atoms with Crippen LogP contribution in [0.1, 0.15) is 38.1 Å². The molecule has 0 radical (unpaired) electrons. The van der Waals surface area contributed by atoms with E-state index in [2.05, 4.69) is 24.2 Å². The zero-order valence-electron chi connectivity index (χ0n) is 13.5. The molecule has 120 valence electrons. The van der Waals surface area contributed by atoms with Crippen molar-refractivity contribution in [1.82, 2.24) is 15.0 Å². The van der Waals surface area contributed by atoms with Crippen molar-refractivity contribution >= 4 is 0 Å². The lowest BCUT2D eigenvalue weighted by Gasteiger charge is -2.10. The molecule has 0 spiro atoms. The number of rotatable bonds is 9. The van der Waals surface area contributed by atoms with Gasteiger partial charge in [0.15, 0.2) is 0 Å². The number of para-hydroxylation sites is 1. The largest absolute Gasteiger partial charge is 0.494 e. The highest BCUT2D eigenvalue weighted by molar-refractivity contribution is 5.20. The Kier molecular flexibility index (Phi) is 6.40. The van der Waals surface area contributed by atoms with Gasteiger partial charge in [0.05, 0.1) is 18.0 Å². The summed E-state index contributed by atoms with van der Waals surface area (Å²) in [4.78, 5) is 0. The molecule has 0 aliphatic carbocycles. The normalized spacial score (nSPS) is 11.1. The first-order chi connectivity index (χ1) is 10.7. The Morgan fingerprint density at radius 2 is 2.00 bits per heavy atom. The molecule has 2 N–H and O–H groups in total. The van der Waals surface area contributed by atoms with Crippen LogP contribution >= 0.6 is 0 Å². The predicted octanol–water partition coefficient (Wildman–Crippen LogP) is 2.79. The molecule has 0 saturated carbocycles. The Morgan fingerprint density at radius 1 is 1.23 bits per heavy atom. The van der Waals surface area contributed by atoms with E-state index < -0.39 is 0 Å². The fourth-order valence-electron chi connectivity index (χ4n) is 2.31. The van der Waals surface area contributed by atoms with Crippen LogP contribution < -0.4 is 10.5 Å². The molecule has 0 aliphatic heterocycles. The minimum absolute atomic E-state index is 0.441. The topological polar surface area (TPSA) is 66.0 Å². The second kappa shape index (κ2) is 8.54. The SMILES string of the molecule is CC(C)CCn1nnc(CN)c1CCCOc1ccccc1. The summed E-state index contributed by atoms with van der Waals surface area (Å²) in [5.74, 6) is 1.56. The molecule has 0 saturated heterocycles. The summed E-state index contributed by atoms with van der Waals surface area (Å²) in [7, 11) is 0. The molecule has 0 amide bonds. The highest BCUT2D eigenvalue weighted by atomic mass is 16.5. The van der Waals surface area contributed by atoms with Crippen molar-refractivity contribution in [3.63, 3.8) is 0 Å². The lowest BCUT2D eigenvalue weighted by Crippen LogP contribution is -2.11. The quantitative estimate of drug-likeness (QED) is 0.723. The van der Waals surface area contributed by atoms with Crippen LogP contribution in [0.4, 0.5) is 0 Å². The molecule has 1 aromatic heterocycles. The zero-order valence-corrected chi connectivity index (χ0v) is 13.5. The molecule has 0 aliphatic rings. The zero-order chi connectivity index (χ0) is 15.8. The van der Waals surface area contributed by atoms with Gasteiger partial charge in [-0.1, -0.05) is 37.3 Å². The van der Waals surface area contributed by atoms with E-state index in [1.54, 1.807) is 0 Å². The molecule has 22 heavy (non-hydrogen) atoms. The molecule has 1 heterocycles. The van der Waals surface area contributed by atoms with Crippen LogP contribution in [0.2, 0.25) is 0 Å². The third kappa shape index (κ3) is 4.84. The third-order valence-electron chi connectivity index (χ3n) is 3.60. The summed E-state index contributed by atoms with van der Waals surface area (Å²) < 4.78 is 7.74. The van der Waals surface area contributed by atoms with Crippen molar-refractivity contribution in [3.8, 4) is 5.75 Å². The van der Waals surface area contributed by atoms with Gasteiger partial charge in [-0.15, -0.1) is 5.10 Å². The number of aromatic nitrogens is 3. The van der Waals surface area contributed by atoms with E-state index in [4.69, 9.17) is 10.5 Å². The minimum Gasteiger partial charge on any atom is -0.494 e. The van der Waals surface area contributed by atoms with Gasteiger partial charge < -0.3 is 10.5 Å². The van der Waals surface area contributed by atoms with Crippen LogP contribution in [-0.2, 0) is 19.5 Å². The van der Waals surface area contributed by atoms with Crippen molar-refractivity contribution < 1.29 is 4.74 Å². The number of hydrogen-bond acceptors (Lipinski definition) is 4. The van der Waals surface area contributed by atoms with Gasteiger partial charge in [-0.3, -0.25) is 0 Å².